The lowest BCUT2D eigenvalue weighted by Crippen LogP contribution is -2.33. The number of benzene rings is 2. The molecule has 1 amide bonds. The summed E-state index contributed by atoms with van der Waals surface area (Å²) in [5.41, 5.74) is 7.08. The molecule has 19 heavy (non-hydrogen) atoms. The number of hydrogen-bond donors (Lipinski definition) is 2. The zero-order valence-corrected chi connectivity index (χ0v) is 10.6. The number of hydrogen-bond acceptors (Lipinski definition) is 2. The van der Waals surface area contributed by atoms with Gasteiger partial charge in [-0.15, -0.1) is 0 Å². The van der Waals surface area contributed by atoms with Crippen molar-refractivity contribution in [1.82, 2.24) is 5.32 Å². The molecule has 0 saturated carbocycles. The number of carbonyl (C=O) groups is 1. The van der Waals surface area contributed by atoms with Crippen molar-refractivity contribution in [2.75, 3.05) is 5.73 Å². The van der Waals surface area contributed by atoms with Crippen LogP contribution in [0.1, 0.15) is 23.2 Å². The molecule has 3 N–H and O–H groups in total. The van der Waals surface area contributed by atoms with Gasteiger partial charge in [0.1, 0.15) is 0 Å². The van der Waals surface area contributed by atoms with E-state index in [1.165, 1.54) is 0 Å². The summed E-state index contributed by atoms with van der Waals surface area (Å²) in [6.07, 6.45) is 5.99. The van der Waals surface area contributed by atoms with Gasteiger partial charge in [-0.1, -0.05) is 36.4 Å². The fraction of sp³-hybridized carbons (Fsp3) is 0.188. The summed E-state index contributed by atoms with van der Waals surface area (Å²) >= 11 is 0. The van der Waals surface area contributed by atoms with Gasteiger partial charge in [0.15, 0.2) is 0 Å². The van der Waals surface area contributed by atoms with Crippen LogP contribution in [-0.4, -0.2) is 11.9 Å². The molecule has 0 aromatic heterocycles. The summed E-state index contributed by atoms with van der Waals surface area (Å²) in [5, 5.41) is 5.11. The van der Waals surface area contributed by atoms with Crippen LogP contribution >= 0.6 is 0 Å². The maximum absolute atomic E-state index is 12.2. The van der Waals surface area contributed by atoms with E-state index < -0.39 is 0 Å². The van der Waals surface area contributed by atoms with Crippen molar-refractivity contribution < 1.29 is 4.79 Å². The van der Waals surface area contributed by atoms with Gasteiger partial charge in [-0.2, -0.15) is 0 Å². The van der Waals surface area contributed by atoms with Crippen molar-refractivity contribution in [3.63, 3.8) is 0 Å². The van der Waals surface area contributed by atoms with Crippen LogP contribution in [0.2, 0.25) is 0 Å². The molecule has 3 rings (SSSR count). The van der Waals surface area contributed by atoms with Gasteiger partial charge in [0.2, 0.25) is 0 Å². The van der Waals surface area contributed by atoms with Gasteiger partial charge in [-0.25, -0.2) is 0 Å². The topological polar surface area (TPSA) is 55.1 Å². The number of fused-ring (bicyclic) bond motifs is 1. The predicted molar refractivity (Wildman–Crippen MR) is 78.0 cm³/mol. The zero-order valence-electron chi connectivity index (χ0n) is 10.6. The molecule has 0 unspecified atom stereocenters. The Kier molecular flexibility index (Phi) is 2.95. The van der Waals surface area contributed by atoms with Crippen LogP contribution in [0.25, 0.3) is 10.8 Å². The van der Waals surface area contributed by atoms with Crippen molar-refractivity contribution in [3.8, 4) is 0 Å². The van der Waals surface area contributed by atoms with E-state index in [4.69, 9.17) is 5.73 Å². The van der Waals surface area contributed by atoms with E-state index in [0.29, 0.717) is 11.3 Å². The average Bonchev–Trinajstić information content (AvgIpc) is 2.90. The predicted octanol–water partition coefficient (Wildman–Crippen LogP) is 2.87. The van der Waals surface area contributed by atoms with Crippen molar-refractivity contribution >= 4 is 22.4 Å². The van der Waals surface area contributed by atoms with E-state index in [0.717, 1.165) is 23.6 Å². The van der Waals surface area contributed by atoms with Crippen LogP contribution in [0, 0.1) is 0 Å². The van der Waals surface area contributed by atoms with Crippen LogP contribution in [0.4, 0.5) is 5.69 Å². The first-order valence-electron chi connectivity index (χ1n) is 6.48. The highest BCUT2D eigenvalue weighted by Crippen LogP contribution is 2.22. The van der Waals surface area contributed by atoms with E-state index >= 15 is 0 Å². The lowest BCUT2D eigenvalue weighted by atomic mass is 10.0. The fourth-order valence-corrected chi connectivity index (χ4v) is 2.45. The lowest BCUT2D eigenvalue weighted by molar-refractivity contribution is 0.0940. The van der Waals surface area contributed by atoms with Crippen molar-refractivity contribution in [3.05, 3.63) is 54.1 Å². The van der Waals surface area contributed by atoms with E-state index in [2.05, 4.69) is 17.5 Å². The Bertz CT molecular complexity index is 653. The highest BCUT2D eigenvalue weighted by molar-refractivity contribution is 6.04. The Morgan fingerprint density at radius 1 is 1.11 bits per heavy atom. The normalized spacial score (nSPS) is 14.9. The molecule has 0 fully saturated rings. The quantitative estimate of drug-likeness (QED) is 0.638. The number of nitrogens with two attached hydrogens (primary N) is 1. The largest absolute Gasteiger partial charge is 0.398 e. The smallest absolute Gasteiger partial charge is 0.253 e. The Labute approximate surface area is 112 Å². The summed E-state index contributed by atoms with van der Waals surface area (Å²) in [4.78, 5) is 12.2. The maximum atomic E-state index is 12.2. The van der Waals surface area contributed by atoms with Crippen LogP contribution in [0.5, 0.6) is 0 Å². The minimum Gasteiger partial charge on any atom is -0.398 e. The Morgan fingerprint density at radius 2 is 1.74 bits per heavy atom. The summed E-state index contributed by atoms with van der Waals surface area (Å²) in [6.45, 7) is 0. The monoisotopic (exact) mass is 252 g/mol. The van der Waals surface area contributed by atoms with Gasteiger partial charge in [0.05, 0.1) is 5.56 Å². The third kappa shape index (κ3) is 2.32. The molecule has 2 aromatic rings. The molecule has 0 heterocycles. The minimum absolute atomic E-state index is 0.0862. The van der Waals surface area contributed by atoms with Crippen molar-refractivity contribution in [1.29, 1.82) is 0 Å². The molecule has 3 heteroatoms. The highest BCUT2D eigenvalue weighted by Gasteiger charge is 2.16. The third-order valence-electron chi connectivity index (χ3n) is 3.51. The number of nitrogen functional groups attached to an aromatic ring is 1. The molecule has 1 aliphatic carbocycles. The van der Waals surface area contributed by atoms with Crippen LogP contribution in [0.15, 0.2) is 48.6 Å². The van der Waals surface area contributed by atoms with E-state index in [-0.39, 0.29) is 11.9 Å². The fourth-order valence-electron chi connectivity index (χ4n) is 2.45. The second kappa shape index (κ2) is 4.76. The SMILES string of the molecule is Nc1cc2ccccc2cc1C(=O)NC1CC=CC1. The zero-order chi connectivity index (χ0) is 13.2. The van der Waals surface area contributed by atoms with Crippen LogP contribution in [0.3, 0.4) is 0 Å². The molecule has 0 bridgehead atoms. The molecular formula is C16H16N2O. The number of anilines is 1. The van der Waals surface area contributed by atoms with E-state index in [1.807, 2.05) is 36.4 Å². The first kappa shape index (κ1) is 11.8. The first-order chi connectivity index (χ1) is 9.24. The van der Waals surface area contributed by atoms with Gasteiger partial charge in [-0.05, 0) is 35.7 Å². The average molecular weight is 252 g/mol. The summed E-state index contributed by atoms with van der Waals surface area (Å²) in [6, 6.07) is 11.8. The minimum atomic E-state index is -0.0862. The molecule has 3 nitrogen and oxygen atoms in total. The molecule has 1 aliphatic rings. The Hall–Kier alpha value is -2.29. The number of carbonyl (C=O) groups excluding carboxylic acids is 1. The second-order valence-corrected chi connectivity index (χ2v) is 4.90. The molecule has 0 aliphatic heterocycles. The standard InChI is InChI=1S/C16H16N2O/c17-15-10-12-6-2-1-5-11(12)9-14(15)16(19)18-13-7-3-4-8-13/h1-6,9-10,13H,7-8,17H2,(H,18,19). The van der Waals surface area contributed by atoms with E-state index in [1.54, 1.807) is 0 Å². The summed E-state index contributed by atoms with van der Waals surface area (Å²) < 4.78 is 0. The number of amides is 1. The van der Waals surface area contributed by atoms with Gasteiger partial charge >= 0.3 is 0 Å². The molecule has 96 valence electrons. The van der Waals surface area contributed by atoms with Gasteiger partial charge in [-0.3, -0.25) is 4.79 Å². The van der Waals surface area contributed by atoms with Crippen molar-refractivity contribution in [2.45, 2.75) is 18.9 Å². The second-order valence-electron chi connectivity index (χ2n) is 4.90. The maximum Gasteiger partial charge on any atom is 0.253 e. The van der Waals surface area contributed by atoms with Gasteiger partial charge in [0, 0.05) is 11.7 Å². The molecular weight excluding hydrogens is 236 g/mol. The molecule has 0 saturated heterocycles. The molecule has 0 atom stereocenters. The third-order valence-corrected chi connectivity index (χ3v) is 3.51. The molecule has 2 aromatic carbocycles. The van der Waals surface area contributed by atoms with Gasteiger partial charge in [0.25, 0.3) is 5.91 Å². The van der Waals surface area contributed by atoms with E-state index in [9.17, 15) is 4.79 Å². The number of nitrogens with one attached hydrogen (secondary N) is 1. The van der Waals surface area contributed by atoms with Crippen molar-refractivity contribution in [2.24, 2.45) is 0 Å². The van der Waals surface area contributed by atoms with Crippen LogP contribution < -0.4 is 11.1 Å². The summed E-state index contributed by atoms with van der Waals surface area (Å²) in [5.74, 6) is -0.0862. The Morgan fingerprint density at radius 3 is 2.42 bits per heavy atom. The van der Waals surface area contributed by atoms with Gasteiger partial charge < -0.3 is 11.1 Å². The summed E-state index contributed by atoms with van der Waals surface area (Å²) in [7, 11) is 0. The highest BCUT2D eigenvalue weighted by atomic mass is 16.1. The lowest BCUT2D eigenvalue weighted by Gasteiger charge is -2.14. The molecule has 0 radical (unpaired) electrons. The van der Waals surface area contributed by atoms with Crippen LogP contribution in [-0.2, 0) is 0 Å². The Balaban J connectivity index is 1.90. The molecule has 0 spiro atoms. The first-order valence-corrected chi connectivity index (χ1v) is 6.48. The number of rotatable bonds is 2.